The Bertz CT molecular complexity index is 638. The van der Waals surface area contributed by atoms with Gasteiger partial charge >= 0.3 is 6.18 Å². The van der Waals surface area contributed by atoms with E-state index in [1.54, 1.807) is 0 Å². The van der Waals surface area contributed by atoms with Crippen molar-refractivity contribution in [1.82, 2.24) is 15.3 Å². The Morgan fingerprint density at radius 1 is 1.33 bits per heavy atom. The van der Waals surface area contributed by atoms with Gasteiger partial charge < -0.3 is 15.4 Å². The van der Waals surface area contributed by atoms with E-state index in [9.17, 15) is 18.3 Å². The Kier molecular flexibility index (Phi) is 3.46. The second kappa shape index (κ2) is 5.16. The molecule has 1 aromatic heterocycles. The Hall–Kier alpha value is -1.86. The van der Waals surface area contributed by atoms with Crippen molar-refractivity contribution in [2.24, 2.45) is 0 Å². The van der Waals surface area contributed by atoms with Crippen LogP contribution < -0.4 is 5.32 Å². The van der Waals surface area contributed by atoms with Crippen molar-refractivity contribution in [1.29, 1.82) is 0 Å². The topological polar surface area (TPSA) is 60.9 Å². The first kappa shape index (κ1) is 14.1. The highest BCUT2D eigenvalue weighted by molar-refractivity contribution is 5.36. The van der Waals surface area contributed by atoms with Crippen LogP contribution in [0.1, 0.15) is 28.7 Å². The molecule has 1 heterocycles. The number of hydrogen-bond acceptors (Lipinski definition) is 3. The SMILES string of the molecule is O[C@H]1Cc2ccccc2[C@H]1NCc1ncc(C(F)(F)F)[nH]1. The van der Waals surface area contributed by atoms with Crippen LogP contribution in [-0.4, -0.2) is 21.2 Å². The van der Waals surface area contributed by atoms with E-state index in [2.05, 4.69) is 15.3 Å². The van der Waals surface area contributed by atoms with Gasteiger partial charge in [0, 0.05) is 6.42 Å². The zero-order chi connectivity index (χ0) is 15.0. The van der Waals surface area contributed by atoms with Gasteiger partial charge in [0.2, 0.25) is 0 Å². The molecule has 112 valence electrons. The Labute approximate surface area is 119 Å². The number of nitrogens with one attached hydrogen (secondary N) is 2. The second-order valence-corrected chi connectivity index (χ2v) is 5.07. The fourth-order valence-electron chi connectivity index (χ4n) is 2.62. The van der Waals surface area contributed by atoms with Gasteiger partial charge in [0.25, 0.3) is 0 Å². The molecule has 3 N–H and O–H groups in total. The number of benzene rings is 1. The van der Waals surface area contributed by atoms with Crippen molar-refractivity contribution in [3.05, 3.63) is 53.1 Å². The average molecular weight is 297 g/mol. The molecule has 0 fully saturated rings. The summed E-state index contributed by atoms with van der Waals surface area (Å²) in [6.45, 7) is 0.131. The summed E-state index contributed by atoms with van der Waals surface area (Å²) >= 11 is 0. The summed E-state index contributed by atoms with van der Waals surface area (Å²) in [6.07, 6.45) is -3.69. The third-order valence-corrected chi connectivity index (χ3v) is 3.63. The summed E-state index contributed by atoms with van der Waals surface area (Å²) in [7, 11) is 0. The van der Waals surface area contributed by atoms with E-state index >= 15 is 0 Å². The van der Waals surface area contributed by atoms with E-state index < -0.39 is 18.0 Å². The zero-order valence-corrected chi connectivity index (χ0v) is 11.0. The molecule has 0 spiro atoms. The summed E-state index contributed by atoms with van der Waals surface area (Å²) in [6, 6.07) is 7.33. The van der Waals surface area contributed by atoms with Crippen LogP contribution >= 0.6 is 0 Å². The third-order valence-electron chi connectivity index (χ3n) is 3.63. The van der Waals surface area contributed by atoms with Gasteiger partial charge in [-0.15, -0.1) is 0 Å². The average Bonchev–Trinajstić information content (AvgIpc) is 3.00. The molecule has 1 aromatic carbocycles. The number of aliphatic hydroxyl groups is 1. The van der Waals surface area contributed by atoms with E-state index in [0.717, 1.165) is 17.3 Å². The van der Waals surface area contributed by atoms with Gasteiger partial charge in [-0.05, 0) is 11.1 Å². The van der Waals surface area contributed by atoms with Crippen LogP contribution in [0.3, 0.4) is 0 Å². The predicted molar refractivity (Wildman–Crippen MR) is 69.3 cm³/mol. The number of aliphatic hydroxyl groups excluding tert-OH is 1. The minimum absolute atomic E-state index is 0.131. The van der Waals surface area contributed by atoms with Crippen LogP contribution in [0, 0.1) is 0 Å². The molecule has 7 heteroatoms. The smallest absolute Gasteiger partial charge is 0.391 e. The fraction of sp³-hybridized carbons (Fsp3) is 0.357. The van der Waals surface area contributed by atoms with Gasteiger partial charge in [-0.25, -0.2) is 4.98 Å². The standard InChI is InChI=1S/C14H14F3N3O/c15-14(16,17)11-6-18-12(20-11)7-19-13-9-4-2-1-3-8(9)5-10(13)21/h1-4,6,10,13,19,21H,5,7H2,(H,18,20)/t10-,13+/m0/s1. The van der Waals surface area contributed by atoms with E-state index in [0.29, 0.717) is 6.42 Å². The summed E-state index contributed by atoms with van der Waals surface area (Å²) in [5.74, 6) is 0.193. The maximum atomic E-state index is 12.5. The number of aromatic amines is 1. The molecule has 0 saturated carbocycles. The molecular formula is C14H14F3N3O. The lowest BCUT2D eigenvalue weighted by molar-refractivity contribution is -0.140. The Balaban J connectivity index is 1.69. The van der Waals surface area contributed by atoms with Gasteiger partial charge in [-0.2, -0.15) is 13.2 Å². The fourth-order valence-corrected chi connectivity index (χ4v) is 2.62. The predicted octanol–water partition coefficient (Wildman–Crippen LogP) is 2.18. The molecule has 0 unspecified atom stereocenters. The number of rotatable bonds is 3. The van der Waals surface area contributed by atoms with Crippen molar-refractivity contribution < 1.29 is 18.3 Å². The summed E-state index contributed by atoms with van der Waals surface area (Å²) in [5.41, 5.74) is 1.16. The molecule has 1 aliphatic rings. The van der Waals surface area contributed by atoms with Gasteiger partial charge in [-0.3, -0.25) is 0 Å². The number of H-pyrrole nitrogens is 1. The van der Waals surface area contributed by atoms with Crippen molar-refractivity contribution in [3.8, 4) is 0 Å². The maximum Gasteiger partial charge on any atom is 0.432 e. The largest absolute Gasteiger partial charge is 0.432 e. The Morgan fingerprint density at radius 3 is 2.81 bits per heavy atom. The quantitative estimate of drug-likeness (QED) is 0.814. The highest BCUT2D eigenvalue weighted by atomic mass is 19.4. The van der Waals surface area contributed by atoms with Crippen molar-refractivity contribution >= 4 is 0 Å². The molecule has 2 aromatic rings. The monoisotopic (exact) mass is 297 g/mol. The molecule has 0 aliphatic heterocycles. The molecule has 0 bridgehead atoms. The first-order chi connectivity index (χ1) is 9.95. The van der Waals surface area contributed by atoms with Crippen molar-refractivity contribution in [2.45, 2.75) is 31.3 Å². The number of imidazole rings is 1. The van der Waals surface area contributed by atoms with Crippen LogP contribution in [-0.2, 0) is 19.1 Å². The van der Waals surface area contributed by atoms with Gasteiger partial charge in [0.05, 0.1) is 24.9 Å². The number of nitrogens with zero attached hydrogens (tertiary/aromatic N) is 1. The van der Waals surface area contributed by atoms with E-state index in [4.69, 9.17) is 0 Å². The molecular weight excluding hydrogens is 283 g/mol. The van der Waals surface area contributed by atoms with Gasteiger partial charge in [-0.1, -0.05) is 24.3 Å². The zero-order valence-electron chi connectivity index (χ0n) is 11.0. The number of aromatic nitrogens is 2. The highest BCUT2D eigenvalue weighted by Crippen LogP contribution is 2.31. The normalized spacial score (nSPS) is 21.5. The Morgan fingerprint density at radius 2 is 2.10 bits per heavy atom. The van der Waals surface area contributed by atoms with Crippen LogP contribution in [0.25, 0.3) is 0 Å². The van der Waals surface area contributed by atoms with E-state index in [1.807, 2.05) is 24.3 Å². The minimum atomic E-state index is -4.43. The van der Waals surface area contributed by atoms with Crippen LogP contribution in [0.4, 0.5) is 13.2 Å². The third kappa shape index (κ3) is 2.79. The lowest BCUT2D eigenvalue weighted by Gasteiger charge is -2.17. The van der Waals surface area contributed by atoms with Gasteiger partial charge in [0.15, 0.2) is 0 Å². The number of alkyl halides is 3. The molecule has 0 saturated heterocycles. The first-order valence-corrected chi connectivity index (χ1v) is 6.55. The van der Waals surface area contributed by atoms with Crippen molar-refractivity contribution in [3.63, 3.8) is 0 Å². The first-order valence-electron chi connectivity index (χ1n) is 6.55. The number of halogens is 3. The van der Waals surface area contributed by atoms with E-state index in [-0.39, 0.29) is 18.4 Å². The maximum absolute atomic E-state index is 12.5. The minimum Gasteiger partial charge on any atom is -0.391 e. The molecule has 4 nitrogen and oxygen atoms in total. The number of hydrogen-bond donors (Lipinski definition) is 3. The van der Waals surface area contributed by atoms with Gasteiger partial charge in [0.1, 0.15) is 11.5 Å². The summed E-state index contributed by atoms with van der Waals surface area (Å²) < 4.78 is 37.4. The molecule has 1 aliphatic carbocycles. The second-order valence-electron chi connectivity index (χ2n) is 5.07. The molecule has 0 amide bonds. The van der Waals surface area contributed by atoms with Crippen LogP contribution in [0.15, 0.2) is 30.5 Å². The summed E-state index contributed by atoms with van der Waals surface area (Å²) in [4.78, 5) is 5.94. The molecule has 21 heavy (non-hydrogen) atoms. The molecule has 3 rings (SSSR count). The summed E-state index contributed by atoms with van der Waals surface area (Å²) in [5, 5.41) is 13.1. The lowest BCUT2D eigenvalue weighted by atomic mass is 10.1. The number of fused-ring (bicyclic) bond motifs is 1. The lowest BCUT2D eigenvalue weighted by Crippen LogP contribution is -2.28. The molecule has 0 radical (unpaired) electrons. The molecule has 2 atom stereocenters. The van der Waals surface area contributed by atoms with E-state index in [1.165, 1.54) is 0 Å². The highest BCUT2D eigenvalue weighted by Gasteiger charge is 2.33. The van der Waals surface area contributed by atoms with Crippen LogP contribution in [0.5, 0.6) is 0 Å². The van der Waals surface area contributed by atoms with Crippen molar-refractivity contribution in [2.75, 3.05) is 0 Å². The van der Waals surface area contributed by atoms with Crippen LogP contribution in [0.2, 0.25) is 0 Å².